The van der Waals surface area contributed by atoms with Gasteiger partial charge in [-0.3, -0.25) is 4.79 Å². The largest absolute Gasteiger partial charge is 0.504 e. The minimum absolute atomic E-state index is 0.000404. The first-order valence-corrected chi connectivity index (χ1v) is 7.39. The molecule has 0 radical (unpaired) electrons. The average Bonchev–Trinajstić information content (AvgIpc) is 2.41. The molecule has 2 rings (SSSR count). The summed E-state index contributed by atoms with van der Waals surface area (Å²) in [5, 5.41) is 10.2. The van der Waals surface area contributed by atoms with E-state index in [9.17, 15) is 9.90 Å². The van der Waals surface area contributed by atoms with Gasteiger partial charge in [-0.15, -0.1) is 0 Å². The Morgan fingerprint density at radius 2 is 2.21 bits per heavy atom. The molecule has 0 saturated carbocycles. The van der Waals surface area contributed by atoms with Gasteiger partial charge in [-0.2, -0.15) is 11.8 Å². The van der Waals surface area contributed by atoms with E-state index in [2.05, 4.69) is 13.8 Å². The van der Waals surface area contributed by atoms with Crippen LogP contribution in [0.15, 0.2) is 18.2 Å². The average molecular weight is 281 g/mol. The minimum Gasteiger partial charge on any atom is -0.504 e. The first kappa shape index (κ1) is 14.1. The SMILES string of the molecule is COc1ccc(C(=O)N2CCSC(C)C2C)cc1O. The van der Waals surface area contributed by atoms with E-state index in [1.807, 2.05) is 16.7 Å². The lowest BCUT2D eigenvalue weighted by molar-refractivity contribution is 0.0697. The molecule has 0 spiro atoms. The van der Waals surface area contributed by atoms with E-state index in [4.69, 9.17) is 4.74 Å². The number of rotatable bonds is 2. The monoisotopic (exact) mass is 281 g/mol. The van der Waals surface area contributed by atoms with Crippen LogP contribution >= 0.6 is 11.8 Å². The molecule has 104 valence electrons. The van der Waals surface area contributed by atoms with Crippen molar-refractivity contribution in [3.63, 3.8) is 0 Å². The normalized spacial score (nSPS) is 23.2. The third-order valence-electron chi connectivity index (χ3n) is 3.57. The number of hydrogen-bond acceptors (Lipinski definition) is 4. The number of aromatic hydroxyl groups is 1. The van der Waals surface area contributed by atoms with Gasteiger partial charge < -0.3 is 14.7 Å². The van der Waals surface area contributed by atoms with Crippen LogP contribution < -0.4 is 4.74 Å². The Labute approximate surface area is 117 Å². The summed E-state index contributed by atoms with van der Waals surface area (Å²) in [6.07, 6.45) is 0. The topological polar surface area (TPSA) is 49.8 Å². The van der Waals surface area contributed by atoms with Crippen LogP contribution in [-0.4, -0.2) is 46.6 Å². The number of ether oxygens (including phenoxy) is 1. The second-order valence-corrected chi connectivity index (χ2v) is 6.19. The van der Waals surface area contributed by atoms with Crippen molar-refractivity contribution in [1.82, 2.24) is 4.90 Å². The van der Waals surface area contributed by atoms with Crippen molar-refractivity contribution in [2.75, 3.05) is 19.4 Å². The van der Waals surface area contributed by atoms with Crippen molar-refractivity contribution in [3.05, 3.63) is 23.8 Å². The van der Waals surface area contributed by atoms with Gasteiger partial charge >= 0.3 is 0 Å². The summed E-state index contributed by atoms with van der Waals surface area (Å²) < 4.78 is 4.99. The Hall–Kier alpha value is -1.36. The zero-order valence-corrected chi connectivity index (χ0v) is 12.2. The maximum absolute atomic E-state index is 12.5. The van der Waals surface area contributed by atoms with Crippen molar-refractivity contribution in [2.45, 2.75) is 25.1 Å². The van der Waals surface area contributed by atoms with E-state index in [1.165, 1.54) is 13.2 Å². The molecule has 1 saturated heterocycles. The van der Waals surface area contributed by atoms with Gasteiger partial charge in [-0.1, -0.05) is 6.92 Å². The molecule has 1 fully saturated rings. The van der Waals surface area contributed by atoms with Gasteiger partial charge in [0.25, 0.3) is 5.91 Å². The summed E-state index contributed by atoms with van der Waals surface area (Å²) >= 11 is 1.89. The molecule has 0 aliphatic carbocycles. The Bertz CT molecular complexity index is 478. The van der Waals surface area contributed by atoms with E-state index in [1.54, 1.807) is 12.1 Å². The molecule has 1 aliphatic rings. The summed E-state index contributed by atoms with van der Waals surface area (Å²) in [7, 11) is 1.49. The van der Waals surface area contributed by atoms with Crippen molar-refractivity contribution < 1.29 is 14.6 Å². The predicted molar refractivity (Wildman–Crippen MR) is 77.1 cm³/mol. The number of hydrogen-bond donors (Lipinski definition) is 1. The number of carbonyl (C=O) groups excluding carboxylic acids is 1. The zero-order chi connectivity index (χ0) is 14.0. The fourth-order valence-corrected chi connectivity index (χ4v) is 3.31. The number of phenolic OH excluding ortho intramolecular Hbond substituents is 1. The standard InChI is InChI=1S/C14H19NO3S/c1-9-10(2)19-7-6-15(9)14(17)11-4-5-13(18-3)12(16)8-11/h4-5,8-10,16H,6-7H2,1-3H3. The maximum Gasteiger partial charge on any atom is 0.254 e. The predicted octanol–water partition coefficient (Wildman–Crippen LogP) is 2.37. The summed E-state index contributed by atoms with van der Waals surface area (Å²) in [6.45, 7) is 4.96. The number of methoxy groups -OCH3 is 1. The van der Waals surface area contributed by atoms with Crippen LogP contribution in [0.25, 0.3) is 0 Å². The highest BCUT2D eigenvalue weighted by molar-refractivity contribution is 8.00. The van der Waals surface area contributed by atoms with Crippen LogP contribution in [0, 0.1) is 0 Å². The van der Waals surface area contributed by atoms with Crippen molar-refractivity contribution in [2.24, 2.45) is 0 Å². The first-order chi connectivity index (χ1) is 9.04. The highest BCUT2D eigenvalue weighted by atomic mass is 32.2. The second-order valence-electron chi connectivity index (χ2n) is 4.70. The molecule has 1 aromatic carbocycles. The Morgan fingerprint density at radius 3 is 2.84 bits per heavy atom. The first-order valence-electron chi connectivity index (χ1n) is 6.34. The number of benzene rings is 1. The number of nitrogens with zero attached hydrogens (tertiary/aromatic N) is 1. The smallest absolute Gasteiger partial charge is 0.254 e. The summed E-state index contributed by atoms with van der Waals surface area (Å²) in [5.41, 5.74) is 0.504. The number of carbonyl (C=O) groups is 1. The van der Waals surface area contributed by atoms with E-state index in [-0.39, 0.29) is 17.7 Å². The third-order valence-corrected chi connectivity index (χ3v) is 4.91. The summed E-state index contributed by atoms with van der Waals surface area (Å²) in [4.78, 5) is 14.3. The molecule has 2 unspecified atom stereocenters. The molecular weight excluding hydrogens is 262 g/mol. The van der Waals surface area contributed by atoms with Gasteiger partial charge in [0.1, 0.15) is 0 Å². The van der Waals surface area contributed by atoms with Crippen molar-refractivity contribution in [1.29, 1.82) is 0 Å². The van der Waals surface area contributed by atoms with Crippen molar-refractivity contribution >= 4 is 17.7 Å². The summed E-state index contributed by atoms with van der Waals surface area (Å²) in [6, 6.07) is 4.99. The van der Waals surface area contributed by atoms with Gasteiger partial charge in [0.2, 0.25) is 0 Å². The molecule has 19 heavy (non-hydrogen) atoms. The molecule has 1 N–H and O–H groups in total. The molecule has 2 atom stereocenters. The third kappa shape index (κ3) is 2.81. The highest BCUT2D eigenvalue weighted by Crippen LogP contribution is 2.29. The molecule has 0 aromatic heterocycles. The lowest BCUT2D eigenvalue weighted by Gasteiger charge is -2.37. The van der Waals surface area contributed by atoms with E-state index >= 15 is 0 Å². The Morgan fingerprint density at radius 1 is 1.47 bits per heavy atom. The van der Waals surface area contributed by atoms with Crippen molar-refractivity contribution in [3.8, 4) is 11.5 Å². The molecule has 1 aliphatic heterocycles. The minimum atomic E-state index is -0.0300. The molecule has 0 bridgehead atoms. The number of amides is 1. The second kappa shape index (κ2) is 5.74. The van der Waals surface area contributed by atoms with E-state index in [0.29, 0.717) is 16.6 Å². The van der Waals surface area contributed by atoms with Crippen LogP contribution in [0.5, 0.6) is 11.5 Å². The fraction of sp³-hybridized carbons (Fsp3) is 0.500. The van der Waals surface area contributed by atoms with Crippen LogP contribution in [0.2, 0.25) is 0 Å². The Kier molecular flexibility index (Phi) is 4.24. The van der Waals surface area contributed by atoms with Gasteiger partial charge in [-0.25, -0.2) is 0 Å². The number of phenols is 1. The molecular formula is C14H19NO3S. The fourth-order valence-electron chi connectivity index (χ4n) is 2.21. The van der Waals surface area contributed by atoms with Gasteiger partial charge in [-0.05, 0) is 25.1 Å². The Balaban J connectivity index is 2.21. The highest BCUT2D eigenvalue weighted by Gasteiger charge is 2.29. The van der Waals surface area contributed by atoms with Gasteiger partial charge in [0.05, 0.1) is 7.11 Å². The van der Waals surface area contributed by atoms with E-state index < -0.39 is 0 Å². The van der Waals surface area contributed by atoms with E-state index in [0.717, 1.165) is 12.3 Å². The zero-order valence-electron chi connectivity index (χ0n) is 11.4. The van der Waals surface area contributed by atoms with Crippen LogP contribution in [0.3, 0.4) is 0 Å². The molecule has 5 heteroatoms. The molecule has 1 heterocycles. The van der Waals surface area contributed by atoms with Gasteiger partial charge in [0, 0.05) is 29.2 Å². The van der Waals surface area contributed by atoms with Gasteiger partial charge in [0.15, 0.2) is 11.5 Å². The lowest BCUT2D eigenvalue weighted by Crippen LogP contribution is -2.47. The molecule has 1 aromatic rings. The maximum atomic E-state index is 12.5. The quantitative estimate of drug-likeness (QED) is 0.904. The lowest BCUT2D eigenvalue weighted by atomic mass is 10.1. The van der Waals surface area contributed by atoms with Crippen LogP contribution in [-0.2, 0) is 0 Å². The van der Waals surface area contributed by atoms with Crippen LogP contribution in [0.4, 0.5) is 0 Å². The summed E-state index contributed by atoms with van der Waals surface area (Å²) in [5.74, 6) is 1.31. The molecule has 4 nitrogen and oxygen atoms in total. The molecule has 1 amide bonds. The van der Waals surface area contributed by atoms with Crippen LogP contribution in [0.1, 0.15) is 24.2 Å². The number of thioether (sulfide) groups is 1.